The van der Waals surface area contributed by atoms with Crippen LogP contribution in [0.25, 0.3) is 0 Å². The van der Waals surface area contributed by atoms with Crippen LogP contribution in [0.2, 0.25) is 0 Å². The molecule has 0 saturated heterocycles. The zero-order valence-corrected chi connectivity index (χ0v) is 15.4. The van der Waals surface area contributed by atoms with E-state index in [1.165, 1.54) is 11.3 Å². The molecule has 2 aromatic carbocycles. The number of anilines is 1. The van der Waals surface area contributed by atoms with Crippen molar-refractivity contribution in [2.75, 3.05) is 5.43 Å². The van der Waals surface area contributed by atoms with Crippen molar-refractivity contribution in [1.29, 1.82) is 0 Å². The molecule has 0 aliphatic rings. The second-order valence-electron chi connectivity index (χ2n) is 5.55. The number of aryl methyl sites for hydroxylation is 2. The molecule has 1 N–H and O–H groups in total. The molecule has 0 aliphatic carbocycles. The molecule has 128 valence electrons. The Bertz CT molecular complexity index is 990. The Labute approximate surface area is 151 Å². The van der Waals surface area contributed by atoms with Gasteiger partial charge in [-0.25, -0.2) is 13.4 Å². The molecule has 25 heavy (non-hydrogen) atoms. The van der Waals surface area contributed by atoms with Gasteiger partial charge in [-0.3, -0.25) is 5.43 Å². The maximum Gasteiger partial charge on any atom is 0.206 e. The first kappa shape index (κ1) is 17.3. The summed E-state index contributed by atoms with van der Waals surface area (Å²) in [6.07, 6.45) is 1.62. The Hall–Kier alpha value is -2.51. The molecule has 0 aliphatic heterocycles. The fourth-order valence-corrected chi connectivity index (χ4v) is 4.05. The van der Waals surface area contributed by atoms with Crippen LogP contribution in [0.4, 0.5) is 5.13 Å². The largest absolute Gasteiger partial charge is 0.253 e. The van der Waals surface area contributed by atoms with Crippen LogP contribution in [0.5, 0.6) is 0 Å². The molecule has 0 atom stereocenters. The molecule has 1 aromatic heterocycles. The van der Waals surface area contributed by atoms with Crippen molar-refractivity contribution in [3.05, 3.63) is 70.7 Å². The number of hydrogen-bond acceptors (Lipinski definition) is 6. The highest BCUT2D eigenvalue weighted by Gasteiger charge is 2.16. The van der Waals surface area contributed by atoms with E-state index in [1.807, 2.05) is 19.2 Å². The topological polar surface area (TPSA) is 71.4 Å². The molecular formula is C18H17N3O2S2. The number of sulfone groups is 1. The summed E-state index contributed by atoms with van der Waals surface area (Å²) >= 11 is 1.47. The molecular weight excluding hydrogens is 354 g/mol. The summed E-state index contributed by atoms with van der Waals surface area (Å²) in [5.41, 5.74) is 5.60. The number of nitrogens with one attached hydrogen (secondary N) is 1. The average Bonchev–Trinajstić information content (AvgIpc) is 3.01. The first-order chi connectivity index (χ1) is 11.9. The first-order valence-electron chi connectivity index (χ1n) is 7.58. The van der Waals surface area contributed by atoms with E-state index in [-0.39, 0.29) is 4.90 Å². The van der Waals surface area contributed by atoms with E-state index in [9.17, 15) is 8.42 Å². The zero-order valence-electron chi connectivity index (χ0n) is 13.8. The monoisotopic (exact) mass is 371 g/mol. The van der Waals surface area contributed by atoms with Gasteiger partial charge in [-0.15, -0.1) is 11.3 Å². The minimum Gasteiger partial charge on any atom is -0.253 e. The summed E-state index contributed by atoms with van der Waals surface area (Å²) in [7, 11) is -3.50. The van der Waals surface area contributed by atoms with Crippen LogP contribution in [0.3, 0.4) is 0 Å². The minimum absolute atomic E-state index is 0.261. The fraction of sp³-hybridized carbons (Fsp3) is 0.111. The molecule has 0 bridgehead atoms. The molecule has 5 nitrogen and oxygen atoms in total. The first-order valence-corrected chi connectivity index (χ1v) is 9.94. The van der Waals surface area contributed by atoms with Crippen LogP contribution in [0, 0.1) is 13.8 Å². The van der Waals surface area contributed by atoms with Crippen molar-refractivity contribution in [2.45, 2.75) is 23.6 Å². The molecule has 7 heteroatoms. The standard InChI is InChI=1S/C18H17N3O2S2/c1-13-3-7-16(8-4-13)25(22,23)17-9-5-15(6-10-17)11-19-21-18-20-14(2)12-24-18/h3-12H,1-2H3,(H,20,21). The van der Waals surface area contributed by atoms with Gasteiger partial charge >= 0.3 is 0 Å². The van der Waals surface area contributed by atoms with Gasteiger partial charge in [-0.05, 0) is 43.7 Å². The van der Waals surface area contributed by atoms with Crippen LogP contribution in [0.1, 0.15) is 16.8 Å². The Morgan fingerprint density at radius 1 is 1.00 bits per heavy atom. The molecule has 0 fully saturated rings. The van der Waals surface area contributed by atoms with E-state index in [0.29, 0.717) is 10.0 Å². The van der Waals surface area contributed by atoms with E-state index in [2.05, 4.69) is 15.5 Å². The van der Waals surface area contributed by atoms with E-state index >= 15 is 0 Å². The van der Waals surface area contributed by atoms with Crippen LogP contribution in [-0.4, -0.2) is 19.6 Å². The highest BCUT2D eigenvalue weighted by atomic mass is 32.2. The van der Waals surface area contributed by atoms with Crippen molar-refractivity contribution >= 4 is 32.5 Å². The second-order valence-corrected chi connectivity index (χ2v) is 8.36. The van der Waals surface area contributed by atoms with Crippen molar-refractivity contribution < 1.29 is 8.42 Å². The number of hydrogen-bond donors (Lipinski definition) is 1. The number of hydrazone groups is 1. The Morgan fingerprint density at radius 3 is 2.16 bits per heavy atom. The van der Waals surface area contributed by atoms with Crippen molar-refractivity contribution in [3.8, 4) is 0 Å². The highest BCUT2D eigenvalue weighted by Crippen LogP contribution is 2.21. The lowest BCUT2D eigenvalue weighted by atomic mass is 10.2. The Balaban J connectivity index is 1.74. The molecule has 0 spiro atoms. The number of aromatic nitrogens is 1. The lowest BCUT2D eigenvalue weighted by molar-refractivity contribution is 0.596. The normalized spacial score (nSPS) is 11.8. The number of rotatable bonds is 5. The van der Waals surface area contributed by atoms with Gasteiger partial charge in [-0.2, -0.15) is 5.10 Å². The van der Waals surface area contributed by atoms with E-state index in [4.69, 9.17) is 0 Å². The van der Waals surface area contributed by atoms with Crippen molar-refractivity contribution in [2.24, 2.45) is 5.10 Å². The third-order valence-corrected chi connectivity index (χ3v) is 6.16. The SMILES string of the molecule is Cc1ccc(S(=O)(=O)c2ccc(C=NNc3nc(C)cs3)cc2)cc1. The number of nitrogens with zero attached hydrogens (tertiary/aromatic N) is 2. The lowest BCUT2D eigenvalue weighted by Crippen LogP contribution is -2.02. The number of benzene rings is 2. The summed E-state index contributed by atoms with van der Waals surface area (Å²) in [4.78, 5) is 4.80. The van der Waals surface area contributed by atoms with Gasteiger partial charge in [-0.1, -0.05) is 29.8 Å². The average molecular weight is 371 g/mol. The molecule has 0 radical (unpaired) electrons. The predicted octanol–water partition coefficient (Wildman–Crippen LogP) is 4.04. The zero-order chi connectivity index (χ0) is 17.9. The van der Waals surface area contributed by atoms with Crippen LogP contribution >= 0.6 is 11.3 Å². The van der Waals surface area contributed by atoms with Crippen molar-refractivity contribution in [1.82, 2.24) is 4.98 Å². The van der Waals surface area contributed by atoms with Crippen LogP contribution in [-0.2, 0) is 9.84 Å². The van der Waals surface area contributed by atoms with Gasteiger partial charge in [0.05, 0.1) is 21.7 Å². The third kappa shape index (κ3) is 4.12. The molecule has 0 amide bonds. The molecule has 3 aromatic rings. The van der Waals surface area contributed by atoms with E-state index in [0.717, 1.165) is 16.8 Å². The van der Waals surface area contributed by atoms with Gasteiger partial charge in [0.25, 0.3) is 0 Å². The Morgan fingerprint density at radius 2 is 1.60 bits per heavy atom. The Kier molecular flexibility index (Phi) is 4.96. The van der Waals surface area contributed by atoms with Gasteiger partial charge < -0.3 is 0 Å². The summed E-state index contributed by atoms with van der Waals surface area (Å²) in [6.45, 7) is 3.84. The maximum absolute atomic E-state index is 12.6. The second kappa shape index (κ2) is 7.16. The quantitative estimate of drug-likeness (QED) is 0.543. The molecule has 0 saturated carbocycles. The van der Waals surface area contributed by atoms with Gasteiger partial charge in [0.1, 0.15) is 0 Å². The van der Waals surface area contributed by atoms with E-state index in [1.54, 1.807) is 54.7 Å². The summed E-state index contributed by atoms with van der Waals surface area (Å²) in [6, 6.07) is 13.5. The fourth-order valence-electron chi connectivity index (χ4n) is 2.15. The van der Waals surface area contributed by atoms with Crippen LogP contribution in [0.15, 0.2) is 68.8 Å². The number of thiazole rings is 1. The van der Waals surface area contributed by atoms with Gasteiger partial charge in [0, 0.05) is 5.38 Å². The van der Waals surface area contributed by atoms with E-state index < -0.39 is 9.84 Å². The highest BCUT2D eigenvalue weighted by molar-refractivity contribution is 7.91. The smallest absolute Gasteiger partial charge is 0.206 e. The van der Waals surface area contributed by atoms with Gasteiger partial charge in [0.15, 0.2) is 0 Å². The third-order valence-electron chi connectivity index (χ3n) is 3.51. The minimum atomic E-state index is -3.50. The summed E-state index contributed by atoms with van der Waals surface area (Å²) in [5.74, 6) is 0. The summed E-state index contributed by atoms with van der Waals surface area (Å²) < 4.78 is 25.2. The molecule has 1 heterocycles. The van der Waals surface area contributed by atoms with Crippen LogP contribution < -0.4 is 5.43 Å². The van der Waals surface area contributed by atoms with Crippen molar-refractivity contribution in [3.63, 3.8) is 0 Å². The summed E-state index contributed by atoms with van der Waals surface area (Å²) in [5, 5.41) is 6.76. The molecule has 3 rings (SSSR count). The maximum atomic E-state index is 12.6. The lowest BCUT2D eigenvalue weighted by Gasteiger charge is -2.05. The molecule has 0 unspecified atom stereocenters. The van der Waals surface area contributed by atoms with Gasteiger partial charge in [0.2, 0.25) is 15.0 Å². The predicted molar refractivity (Wildman–Crippen MR) is 101 cm³/mol.